The maximum atomic E-state index is 7.32. The van der Waals surface area contributed by atoms with E-state index in [9.17, 15) is 0 Å². The zero-order valence-electron chi connectivity index (χ0n) is 25.2. The summed E-state index contributed by atoms with van der Waals surface area (Å²) in [6, 6.07) is 46.9. The third-order valence-electron chi connectivity index (χ3n) is 6.41. The summed E-state index contributed by atoms with van der Waals surface area (Å²) in [4.78, 5) is 0. The van der Waals surface area contributed by atoms with Crippen molar-refractivity contribution >= 4 is 54.9 Å². The summed E-state index contributed by atoms with van der Waals surface area (Å²) in [5.41, 5.74) is 0. The molecule has 0 bridgehead atoms. The van der Waals surface area contributed by atoms with Crippen LogP contribution in [0.2, 0.25) is 0 Å². The molecular weight excluding hydrogens is 676 g/mol. The maximum absolute atomic E-state index is 7.32. The number of para-hydroxylation sites is 2. The third-order valence-corrected chi connectivity index (χ3v) is 11.1. The van der Waals surface area contributed by atoms with Crippen LogP contribution in [0.4, 0.5) is 0 Å². The van der Waals surface area contributed by atoms with Crippen LogP contribution in [0, 0.1) is 0 Å². The average molecular weight is 722 g/mol. The van der Waals surface area contributed by atoms with E-state index < -0.39 is 15.0 Å². The van der Waals surface area contributed by atoms with Crippen molar-refractivity contribution in [1.82, 2.24) is 0 Å². The fourth-order valence-electron chi connectivity index (χ4n) is 4.60. The minimum absolute atomic E-state index is 0. The standard InChI is InChI=1S/C34H29NO4P2.CH4O3S.3CH4/c1-40(36-29-19-5-3-6-20-29,38-33-25-13-17-27-15-9-11-23-31(27)33)35-41(2,37-30-21-7-4-8-22-30)39-34-26-14-18-28-16-10-12-24-32(28)34;1-5-4-3-2;;;/h3-26H,1H2,2H3;2H,1H3;3*1H4. The first kappa shape index (κ1) is 41.0. The highest BCUT2D eigenvalue weighted by Crippen LogP contribution is 2.62. The first-order valence-corrected chi connectivity index (χ1v) is 19.0. The highest BCUT2D eigenvalue weighted by Gasteiger charge is 2.29. The number of hydrogen-bond acceptors (Lipinski definition) is 9. The molecule has 0 radical (unpaired) electrons. The molecule has 260 valence electrons. The summed E-state index contributed by atoms with van der Waals surface area (Å²) in [5, 5.41) is 14.5. The minimum Gasteiger partial charge on any atom is -0.430 e. The second kappa shape index (κ2) is 19.7. The summed E-state index contributed by atoms with van der Waals surface area (Å²) in [6.07, 6.45) is 6.09. The Balaban J connectivity index is 0.000000973. The van der Waals surface area contributed by atoms with Crippen molar-refractivity contribution in [1.29, 1.82) is 0 Å². The fraction of sp³-hybridized carbons (Fsp3) is 0.132. The molecule has 0 amide bonds. The Morgan fingerprint density at radius 2 is 0.980 bits per heavy atom. The first-order valence-electron chi connectivity index (χ1n) is 14.1. The predicted molar refractivity (Wildman–Crippen MR) is 211 cm³/mol. The van der Waals surface area contributed by atoms with Crippen molar-refractivity contribution in [2.45, 2.75) is 22.3 Å². The summed E-state index contributed by atoms with van der Waals surface area (Å²) in [7, 11) is -6.41. The van der Waals surface area contributed by atoms with Gasteiger partial charge < -0.3 is 18.1 Å². The van der Waals surface area contributed by atoms with Gasteiger partial charge >= 0.3 is 15.0 Å². The second-order valence-corrected chi connectivity index (χ2v) is 14.6. The molecule has 1 N–H and O–H groups in total. The van der Waals surface area contributed by atoms with Gasteiger partial charge in [-0.3, -0.25) is 0 Å². The van der Waals surface area contributed by atoms with E-state index in [0.29, 0.717) is 23.0 Å². The van der Waals surface area contributed by atoms with Crippen molar-refractivity contribution < 1.29 is 32.7 Å². The van der Waals surface area contributed by atoms with Crippen molar-refractivity contribution in [3.05, 3.63) is 146 Å². The van der Waals surface area contributed by atoms with Crippen LogP contribution in [0.1, 0.15) is 22.3 Å². The summed E-state index contributed by atoms with van der Waals surface area (Å²) >= 11 is 0.929. The average Bonchev–Trinajstić information content (AvgIpc) is 3.06. The van der Waals surface area contributed by atoms with Crippen LogP contribution in [0.5, 0.6) is 23.0 Å². The molecule has 0 aliphatic rings. The predicted octanol–water partition coefficient (Wildman–Crippen LogP) is 13.1. The number of hydrogen-bond donors (Lipinski definition) is 1. The number of fused-ring (bicyclic) bond motifs is 2. The van der Waals surface area contributed by atoms with Gasteiger partial charge in [0.15, 0.2) is 0 Å². The zero-order chi connectivity index (χ0) is 32.2. The zero-order valence-corrected chi connectivity index (χ0v) is 27.8. The SMILES string of the molecule is C.C.C.C=P(N=P(C)(Oc1ccccc1)Oc1cccc2ccccc12)(Oc1ccccc1)Oc1cccc2ccccc12.CSOOO. The molecule has 0 aliphatic carbocycles. The molecule has 0 aromatic heterocycles. The van der Waals surface area contributed by atoms with Crippen molar-refractivity contribution in [2.75, 3.05) is 12.9 Å². The Bertz CT molecular complexity index is 1970. The highest BCUT2D eigenvalue weighted by molar-refractivity contribution is 7.93. The molecule has 0 saturated heterocycles. The van der Waals surface area contributed by atoms with Crippen LogP contribution in [-0.4, -0.2) is 24.5 Å². The topological polar surface area (TPSA) is 88.0 Å². The molecule has 49 heavy (non-hydrogen) atoms. The second-order valence-electron chi connectivity index (χ2n) is 9.78. The first-order chi connectivity index (χ1) is 22.4. The Hall–Kier alpha value is -4.20. The Morgan fingerprint density at radius 1 is 0.551 bits per heavy atom. The maximum Gasteiger partial charge on any atom is 0.340 e. The van der Waals surface area contributed by atoms with E-state index in [1.807, 2.05) is 152 Å². The molecule has 0 saturated carbocycles. The van der Waals surface area contributed by atoms with Crippen LogP contribution in [0.3, 0.4) is 0 Å². The molecule has 0 spiro atoms. The van der Waals surface area contributed by atoms with Gasteiger partial charge in [0.2, 0.25) is 0 Å². The Kier molecular flexibility index (Phi) is 16.5. The minimum atomic E-state index is -3.30. The number of benzene rings is 6. The Morgan fingerprint density at radius 3 is 1.45 bits per heavy atom. The lowest BCUT2D eigenvalue weighted by Crippen LogP contribution is -2.05. The van der Waals surface area contributed by atoms with Crippen LogP contribution < -0.4 is 18.1 Å². The molecule has 2 unspecified atom stereocenters. The third kappa shape index (κ3) is 11.4. The van der Waals surface area contributed by atoms with E-state index in [-0.39, 0.29) is 22.3 Å². The van der Waals surface area contributed by atoms with E-state index in [1.54, 1.807) is 6.26 Å². The van der Waals surface area contributed by atoms with Gasteiger partial charge in [0, 0.05) is 35.7 Å². The van der Waals surface area contributed by atoms with Crippen LogP contribution >= 0.6 is 27.0 Å². The molecule has 6 aromatic rings. The molecule has 6 aromatic carbocycles. The molecule has 11 heteroatoms. The molecule has 0 heterocycles. The van der Waals surface area contributed by atoms with Gasteiger partial charge in [0.25, 0.3) is 0 Å². The number of rotatable bonds is 11. The smallest absolute Gasteiger partial charge is 0.340 e. The van der Waals surface area contributed by atoms with Crippen molar-refractivity contribution in [3.8, 4) is 23.0 Å². The Labute approximate surface area is 295 Å². The van der Waals surface area contributed by atoms with Gasteiger partial charge in [-0.05, 0) is 53.5 Å². The van der Waals surface area contributed by atoms with E-state index in [2.05, 4.69) is 15.7 Å². The normalized spacial score (nSPS) is 12.6. The van der Waals surface area contributed by atoms with Crippen molar-refractivity contribution in [3.63, 3.8) is 0 Å². The molecule has 2 atom stereocenters. The lowest BCUT2D eigenvalue weighted by atomic mass is 10.1. The quantitative estimate of drug-likeness (QED) is 0.0612. The van der Waals surface area contributed by atoms with Crippen LogP contribution in [0.25, 0.3) is 21.5 Å². The van der Waals surface area contributed by atoms with E-state index in [1.165, 1.54) is 0 Å². The lowest BCUT2D eigenvalue weighted by molar-refractivity contribution is -0.432. The van der Waals surface area contributed by atoms with Gasteiger partial charge in [-0.2, -0.15) is 0 Å². The lowest BCUT2D eigenvalue weighted by Gasteiger charge is -2.28. The van der Waals surface area contributed by atoms with E-state index in [4.69, 9.17) is 27.9 Å². The molecular formula is C38H45NO7P2S. The number of nitrogens with zero attached hydrogens (tertiary/aromatic N) is 1. The fourth-order valence-corrected chi connectivity index (χ4v) is 9.25. The molecule has 6 rings (SSSR count). The van der Waals surface area contributed by atoms with Gasteiger partial charge in [-0.25, -0.2) is 5.26 Å². The van der Waals surface area contributed by atoms with Gasteiger partial charge in [0.05, 0.1) is 0 Å². The van der Waals surface area contributed by atoms with Gasteiger partial charge in [-0.1, -0.05) is 137 Å². The highest BCUT2D eigenvalue weighted by atomic mass is 32.2. The molecule has 0 aliphatic heterocycles. The monoisotopic (exact) mass is 721 g/mol. The van der Waals surface area contributed by atoms with Crippen LogP contribution in [-0.2, 0) is 9.37 Å². The largest absolute Gasteiger partial charge is 0.430 e. The summed E-state index contributed by atoms with van der Waals surface area (Å²) < 4.78 is 35.4. The van der Waals surface area contributed by atoms with Gasteiger partial charge in [-0.15, -0.1) is 8.85 Å². The van der Waals surface area contributed by atoms with Crippen LogP contribution in [0.15, 0.2) is 150 Å². The molecule has 8 nitrogen and oxygen atoms in total. The summed E-state index contributed by atoms with van der Waals surface area (Å²) in [6.45, 7) is 1.86. The van der Waals surface area contributed by atoms with E-state index in [0.717, 1.165) is 33.6 Å². The van der Waals surface area contributed by atoms with Gasteiger partial charge in [0.1, 0.15) is 23.0 Å². The summed E-state index contributed by atoms with van der Waals surface area (Å²) in [5.74, 6) is 2.51. The van der Waals surface area contributed by atoms with Crippen molar-refractivity contribution in [2.24, 2.45) is 4.52 Å². The molecule has 0 fully saturated rings. The van der Waals surface area contributed by atoms with E-state index >= 15 is 0 Å².